The molecule has 1 saturated carbocycles. The lowest BCUT2D eigenvalue weighted by Crippen LogP contribution is -2.17. The van der Waals surface area contributed by atoms with E-state index in [1.54, 1.807) is 0 Å². The first-order valence-electron chi connectivity index (χ1n) is 8.50. The van der Waals surface area contributed by atoms with Gasteiger partial charge < -0.3 is 10.6 Å². The highest BCUT2D eigenvalue weighted by atomic mass is 15.1. The second-order valence-corrected chi connectivity index (χ2v) is 6.51. The van der Waals surface area contributed by atoms with E-state index in [0.717, 1.165) is 48.7 Å². The second-order valence-electron chi connectivity index (χ2n) is 6.51. The Morgan fingerprint density at radius 1 is 1.24 bits per heavy atom. The summed E-state index contributed by atoms with van der Waals surface area (Å²) in [5.74, 6) is 3.51. The van der Waals surface area contributed by atoms with Gasteiger partial charge in [-0.2, -0.15) is 4.98 Å². The molecule has 2 unspecified atom stereocenters. The van der Waals surface area contributed by atoms with Crippen molar-refractivity contribution in [2.24, 2.45) is 11.8 Å². The molecular weight excluding hydrogens is 260 g/mol. The number of nitrogens with one attached hydrogen (secondary N) is 2. The summed E-state index contributed by atoms with van der Waals surface area (Å²) < 4.78 is 0. The number of anilines is 2. The van der Waals surface area contributed by atoms with Crippen molar-refractivity contribution in [1.29, 1.82) is 0 Å². The fourth-order valence-electron chi connectivity index (χ4n) is 3.16. The first-order valence-corrected chi connectivity index (χ1v) is 8.50. The summed E-state index contributed by atoms with van der Waals surface area (Å²) in [4.78, 5) is 8.90. The average Bonchev–Trinajstić information content (AvgIpc) is 2.48. The van der Waals surface area contributed by atoms with Gasteiger partial charge in [0.1, 0.15) is 5.82 Å². The minimum Gasteiger partial charge on any atom is -0.370 e. The molecule has 0 amide bonds. The van der Waals surface area contributed by atoms with Gasteiger partial charge in [0.15, 0.2) is 0 Å². The number of hydrogen-bond donors (Lipinski definition) is 2. The molecule has 0 spiro atoms. The summed E-state index contributed by atoms with van der Waals surface area (Å²) in [5, 5.41) is 6.75. The molecule has 0 aliphatic heterocycles. The van der Waals surface area contributed by atoms with Crippen molar-refractivity contribution in [3.8, 4) is 0 Å². The van der Waals surface area contributed by atoms with Crippen LogP contribution in [0.1, 0.15) is 57.9 Å². The highest BCUT2D eigenvalue weighted by Gasteiger charge is 2.18. The lowest BCUT2D eigenvalue weighted by Gasteiger charge is -2.26. The molecule has 4 nitrogen and oxygen atoms in total. The van der Waals surface area contributed by atoms with Crippen LogP contribution in [0.3, 0.4) is 0 Å². The summed E-state index contributed by atoms with van der Waals surface area (Å²) in [7, 11) is 0. The SMILES string of the molecule is CCCNc1ncc(C)c(NCCC2CCCC(C)C2)n1. The van der Waals surface area contributed by atoms with Crippen LogP contribution in [-0.4, -0.2) is 23.1 Å². The number of aryl methyl sites for hydroxylation is 1. The largest absolute Gasteiger partial charge is 0.370 e. The smallest absolute Gasteiger partial charge is 0.224 e. The van der Waals surface area contributed by atoms with E-state index in [0.29, 0.717) is 0 Å². The van der Waals surface area contributed by atoms with Crippen LogP contribution in [0.5, 0.6) is 0 Å². The zero-order chi connectivity index (χ0) is 15.1. The van der Waals surface area contributed by atoms with Crippen LogP contribution in [0.25, 0.3) is 0 Å². The van der Waals surface area contributed by atoms with Crippen LogP contribution >= 0.6 is 0 Å². The molecule has 4 heteroatoms. The molecule has 1 fully saturated rings. The molecule has 1 heterocycles. The van der Waals surface area contributed by atoms with Gasteiger partial charge in [-0.15, -0.1) is 0 Å². The second kappa shape index (κ2) is 8.20. The average molecular weight is 290 g/mol. The van der Waals surface area contributed by atoms with Gasteiger partial charge >= 0.3 is 0 Å². The van der Waals surface area contributed by atoms with Crippen molar-refractivity contribution in [3.63, 3.8) is 0 Å². The molecule has 2 atom stereocenters. The van der Waals surface area contributed by atoms with Crippen LogP contribution in [0.2, 0.25) is 0 Å². The number of rotatable bonds is 7. The predicted octanol–water partition coefficient (Wildman–Crippen LogP) is 4.24. The third kappa shape index (κ3) is 5.18. The van der Waals surface area contributed by atoms with Crippen LogP contribution in [0, 0.1) is 18.8 Å². The van der Waals surface area contributed by atoms with E-state index in [1.165, 1.54) is 32.1 Å². The normalized spacial score (nSPS) is 22.0. The molecule has 0 bridgehead atoms. The predicted molar refractivity (Wildman–Crippen MR) is 89.8 cm³/mol. The maximum Gasteiger partial charge on any atom is 0.224 e. The quantitative estimate of drug-likeness (QED) is 0.789. The summed E-state index contributed by atoms with van der Waals surface area (Å²) in [6, 6.07) is 0. The van der Waals surface area contributed by atoms with E-state index >= 15 is 0 Å². The van der Waals surface area contributed by atoms with Gasteiger partial charge in [0.25, 0.3) is 0 Å². The Morgan fingerprint density at radius 3 is 2.86 bits per heavy atom. The Labute approximate surface area is 129 Å². The molecule has 0 aromatic carbocycles. The van der Waals surface area contributed by atoms with Crippen molar-refractivity contribution in [1.82, 2.24) is 9.97 Å². The number of aromatic nitrogens is 2. The topological polar surface area (TPSA) is 49.8 Å². The van der Waals surface area contributed by atoms with Crippen LogP contribution in [0.4, 0.5) is 11.8 Å². The molecular formula is C17H30N4. The van der Waals surface area contributed by atoms with Crippen molar-refractivity contribution in [2.45, 2.75) is 59.3 Å². The van der Waals surface area contributed by atoms with E-state index in [-0.39, 0.29) is 0 Å². The van der Waals surface area contributed by atoms with Crippen LogP contribution in [-0.2, 0) is 0 Å². The van der Waals surface area contributed by atoms with E-state index in [1.807, 2.05) is 6.20 Å². The monoisotopic (exact) mass is 290 g/mol. The van der Waals surface area contributed by atoms with Crippen LogP contribution < -0.4 is 10.6 Å². The molecule has 1 aromatic heterocycles. The lowest BCUT2D eigenvalue weighted by atomic mass is 9.81. The summed E-state index contributed by atoms with van der Waals surface area (Å²) >= 11 is 0. The Bertz CT molecular complexity index is 433. The molecule has 21 heavy (non-hydrogen) atoms. The van der Waals surface area contributed by atoms with Crippen molar-refractivity contribution in [2.75, 3.05) is 23.7 Å². The van der Waals surface area contributed by atoms with E-state index < -0.39 is 0 Å². The Kier molecular flexibility index (Phi) is 6.27. The summed E-state index contributed by atoms with van der Waals surface area (Å²) in [6.45, 7) is 8.53. The van der Waals surface area contributed by atoms with Gasteiger partial charge in [-0.25, -0.2) is 4.98 Å². The number of hydrogen-bond acceptors (Lipinski definition) is 4. The molecule has 1 aromatic rings. The molecule has 2 N–H and O–H groups in total. The highest BCUT2D eigenvalue weighted by molar-refractivity contribution is 5.46. The first-order chi connectivity index (χ1) is 10.2. The molecule has 0 saturated heterocycles. The van der Waals surface area contributed by atoms with Crippen molar-refractivity contribution >= 4 is 11.8 Å². The zero-order valence-corrected chi connectivity index (χ0v) is 13.8. The van der Waals surface area contributed by atoms with Crippen molar-refractivity contribution in [3.05, 3.63) is 11.8 Å². The Hall–Kier alpha value is -1.32. The molecule has 2 rings (SSSR count). The standard InChI is InChI=1S/C17H30N4/c1-4-9-19-17-20-12-14(3)16(21-17)18-10-8-15-7-5-6-13(2)11-15/h12-13,15H,4-11H2,1-3H3,(H2,18,19,20,21). The summed E-state index contributed by atoms with van der Waals surface area (Å²) in [5.41, 5.74) is 1.12. The molecule has 1 aliphatic carbocycles. The van der Waals surface area contributed by atoms with Gasteiger partial charge in [-0.3, -0.25) is 0 Å². The third-order valence-electron chi connectivity index (χ3n) is 4.39. The first kappa shape index (κ1) is 16.1. The van der Waals surface area contributed by atoms with Crippen LogP contribution in [0.15, 0.2) is 6.20 Å². The Balaban J connectivity index is 1.81. The van der Waals surface area contributed by atoms with E-state index in [2.05, 4.69) is 41.4 Å². The van der Waals surface area contributed by atoms with Gasteiger partial charge in [0, 0.05) is 24.8 Å². The van der Waals surface area contributed by atoms with Crippen molar-refractivity contribution < 1.29 is 0 Å². The maximum atomic E-state index is 4.57. The van der Waals surface area contributed by atoms with Gasteiger partial charge in [0.2, 0.25) is 5.95 Å². The number of nitrogens with zero attached hydrogens (tertiary/aromatic N) is 2. The van der Waals surface area contributed by atoms with E-state index in [9.17, 15) is 0 Å². The zero-order valence-electron chi connectivity index (χ0n) is 13.8. The minimum atomic E-state index is 0.733. The van der Waals surface area contributed by atoms with E-state index in [4.69, 9.17) is 0 Å². The highest BCUT2D eigenvalue weighted by Crippen LogP contribution is 2.30. The molecule has 0 radical (unpaired) electrons. The lowest BCUT2D eigenvalue weighted by molar-refractivity contribution is 0.274. The molecule has 118 valence electrons. The minimum absolute atomic E-state index is 0.733. The Morgan fingerprint density at radius 2 is 2.10 bits per heavy atom. The maximum absolute atomic E-state index is 4.57. The molecule has 1 aliphatic rings. The fraction of sp³-hybridized carbons (Fsp3) is 0.765. The fourth-order valence-corrected chi connectivity index (χ4v) is 3.16. The third-order valence-corrected chi connectivity index (χ3v) is 4.39. The van der Waals surface area contributed by atoms with Gasteiger partial charge in [0.05, 0.1) is 0 Å². The summed E-state index contributed by atoms with van der Waals surface area (Å²) in [6.07, 6.45) is 9.86. The van der Waals surface area contributed by atoms with Gasteiger partial charge in [-0.1, -0.05) is 33.1 Å². The van der Waals surface area contributed by atoms with Gasteiger partial charge in [-0.05, 0) is 38.0 Å².